The molecule has 0 saturated carbocycles. The van der Waals surface area contributed by atoms with E-state index in [1.54, 1.807) is 11.4 Å². The predicted octanol–water partition coefficient (Wildman–Crippen LogP) is 0.834. The number of carboxylic acids is 1. The molecule has 7 nitrogen and oxygen atoms in total. The Morgan fingerprint density at radius 2 is 2.23 bits per heavy atom. The van der Waals surface area contributed by atoms with Gasteiger partial charge in [0.15, 0.2) is 0 Å². The van der Waals surface area contributed by atoms with Crippen LogP contribution < -0.4 is 0 Å². The number of thiophene rings is 1. The largest absolute Gasteiger partial charge is 0.481 e. The summed E-state index contributed by atoms with van der Waals surface area (Å²) in [5.41, 5.74) is 0. The number of carbonyl (C=O) groups excluding carboxylic acids is 1. The number of sulfonamides is 1. The van der Waals surface area contributed by atoms with Crippen LogP contribution in [0.2, 0.25) is 0 Å². The zero-order chi connectivity index (χ0) is 16.3. The minimum atomic E-state index is -3.67. The lowest BCUT2D eigenvalue weighted by molar-refractivity contribution is -0.138. The Balaban J connectivity index is 2.14. The van der Waals surface area contributed by atoms with Crippen LogP contribution in [0.25, 0.3) is 0 Å². The third-order valence-corrected chi connectivity index (χ3v) is 6.87. The molecule has 1 fully saturated rings. The molecule has 2 heterocycles. The molecule has 0 spiro atoms. The molecule has 2 rings (SSSR count). The van der Waals surface area contributed by atoms with Gasteiger partial charge in [-0.25, -0.2) is 8.42 Å². The normalized spacial score (nSPS) is 19.2. The first-order chi connectivity index (χ1) is 10.3. The number of rotatable bonds is 6. The SMILES string of the molecule is CN(CCC(=O)O)C(=O)C1CCCN1S(=O)(=O)c1cccs1. The maximum absolute atomic E-state index is 12.6. The van der Waals surface area contributed by atoms with E-state index < -0.39 is 22.0 Å². The van der Waals surface area contributed by atoms with Gasteiger partial charge in [0.2, 0.25) is 5.91 Å². The first-order valence-electron chi connectivity index (χ1n) is 6.86. The lowest BCUT2D eigenvalue weighted by Crippen LogP contribution is -2.46. The van der Waals surface area contributed by atoms with Gasteiger partial charge in [0.1, 0.15) is 10.3 Å². The van der Waals surface area contributed by atoms with Crippen molar-refractivity contribution in [2.24, 2.45) is 0 Å². The molecule has 0 radical (unpaired) electrons. The molecule has 122 valence electrons. The predicted molar refractivity (Wildman–Crippen MR) is 81.1 cm³/mol. The number of nitrogens with zero attached hydrogens (tertiary/aromatic N) is 2. The van der Waals surface area contributed by atoms with Crippen molar-refractivity contribution in [3.05, 3.63) is 17.5 Å². The van der Waals surface area contributed by atoms with E-state index in [4.69, 9.17) is 5.11 Å². The summed E-state index contributed by atoms with van der Waals surface area (Å²) in [6.45, 7) is 0.376. The highest BCUT2D eigenvalue weighted by Gasteiger charge is 2.40. The minimum absolute atomic E-state index is 0.0670. The van der Waals surface area contributed by atoms with Gasteiger partial charge in [0.25, 0.3) is 10.0 Å². The second-order valence-electron chi connectivity index (χ2n) is 5.11. The van der Waals surface area contributed by atoms with Crippen molar-refractivity contribution in [2.75, 3.05) is 20.1 Å². The van der Waals surface area contributed by atoms with Crippen molar-refractivity contribution >= 4 is 33.2 Å². The lowest BCUT2D eigenvalue weighted by Gasteiger charge is -2.26. The number of hydrogen-bond acceptors (Lipinski definition) is 5. The molecule has 0 aromatic carbocycles. The van der Waals surface area contributed by atoms with Crippen LogP contribution in [0.4, 0.5) is 0 Å². The summed E-state index contributed by atoms with van der Waals surface area (Å²) in [5.74, 6) is -1.34. The van der Waals surface area contributed by atoms with E-state index in [0.29, 0.717) is 19.4 Å². The molecule has 1 aliphatic rings. The summed E-state index contributed by atoms with van der Waals surface area (Å²) < 4.78 is 26.6. The molecular weight excluding hydrogens is 328 g/mol. The van der Waals surface area contributed by atoms with Gasteiger partial charge in [-0.15, -0.1) is 11.3 Å². The topological polar surface area (TPSA) is 95.0 Å². The van der Waals surface area contributed by atoms with E-state index in [1.165, 1.54) is 22.3 Å². The standard InChI is InChI=1S/C13H18N2O5S2/c1-14(8-6-11(16)17)13(18)10-4-2-7-15(10)22(19,20)12-5-3-9-21-12/h3,5,9-10H,2,4,6-8H2,1H3,(H,16,17). The first-order valence-corrected chi connectivity index (χ1v) is 9.18. The monoisotopic (exact) mass is 346 g/mol. The maximum atomic E-state index is 12.6. The van der Waals surface area contributed by atoms with Crippen LogP contribution in [-0.4, -0.2) is 60.8 Å². The molecule has 1 unspecified atom stereocenters. The maximum Gasteiger partial charge on any atom is 0.305 e. The van der Waals surface area contributed by atoms with Crippen molar-refractivity contribution in [3.63, 3.8) is 0 Å². The Morgan fingerprint density at radius 3 is 2.82 bits per heavy atom. The Bertz CT molecular complexity index is 641. The molecule has 1 saturated heterocycles. The number of aliphatic carboxylic acids is 1. The van der Waals surface area contributed by atoms with Gasteiger partial charge >= 0.3 is 5.97 Å². The average Bonchev–Trinajstić information content (AvgIpc) is 3.14. The van der Waals surface area contributed by atoms with Gasteiger partial charge in [-0.2, -0.15) is 4.31 Å². The first kappa shape index (κ1) is 16.9. The number of carbonyl (C=O) groups is 2. The highest BCUT2D eigenvalue weighted by molar-refractivity contribution is 7.91. The molecule has 0 bridgehead atoms. The second-order valence-corrected chi connectivity index (χ2v) is 8.17. The molecule has 1 aromatic rings. The van der Waals surface area contributed by atoms with Crippen LogP contribution in [-0.2, 0) is 19.6 Å². The fourth-order valence-corrected chi connectivity index (χ4v) is 5.20. The highest BCUT2D eigenvalue weighted by atomic mass is 32.2. The van der Waals surface area contributed by atoms with E-state index in [-0.39, 0.29) is 23.1 Å². The van der Waals surface area contributed by atoms with Gasteiger partial charge in [-0.3, -0.25) is 9.59 Å². The molecule has 1 aliphatic heterocycles. The van der Waals surface area contributed by atoms with Gasteiger partial charge < -0.3 is 10.0 Å². The summed E-state index contributed by atoms with van der Waals surface area (Å²) in [7, 11) is -2.17. The number of amides is 1. The minimum Gasteiger partial charge on any atom is -0.481 e. The van der Waals surface area contributed by atoms with Crippen molar-refractivity contribution in [2.45, 2.75) is 29.5 Å². The van der Waals surface area contributed by atoms with Crippen LogP contribution in [0.5, 0.6) is 0 Å². The van der Waals surface area contributed by atoms with E-state index >= 15 is 0 Å². The van der Waals surface area contributed by atoms with Crippen LogP contribution in [0.15, 0.2) is 21.7 Å². The molecule has 1 atom stereocenters. The van der Waals surface area contributed by atoms with Gasteiger partial charge in [0, 0.05) is 20.1 Å². The molecule has 1 aromatic heterocycles. The molecular formula is C13H18N2O5S2. The summed E-state index contributed by atoms with van der Waals surface area (Å²) in [5, 5.41) is 10.4. The van der Waals surface area contributed by atoms with Crippen LogP contribution in [0.1, 0.15) is 19.3 Å². The molecule has 1 N–H and O–H groups in total. The van der Waals surface area contributed by atoms with Crippen molar-refractivity contribution < 1.29 is 23.1 Å². The zero-order valence-corrected chi connectivity index (χ0v) is 13.8. The second kappa shape index (κ2) is 6.76. The van der Waals surface area contributed by atoms with Crippen LogP contribution in [0.3, 0.4) is 0 Å². The van der Waals surface area contributed by atoms with Crippen molar-refractivity contribution in [1.82, 2.24) is 9.21 Å². The number of likely N-dealkylation sites (N-methyl/N-ethyl adjacent to an activating group) is 1. The Labute approximate surface area is 133 Å². The van der Waals surface area contributed by atoms with Crippen molar-refractivity contribution in [1.29, 1.82) is 0 Å². The fraction of sp³-hybridized carbons (Fsp3) is 0.538. The molecule has 22 heavy (non-hydrogen) atoms. The summed E-state index contributed by atoms with van der Waals surface area (Å²) >= 11 is 1.12. The summed E-state index contributed by atoms with van der Waals surface area (Å²) in [6.07, 6.45) is 0.918. The van der Waals surface area contributed by atoms with E-state index in [2.05, 4.69) is 0 Å². The Kier molecular flexibility index (Phi) is 5.20. The lowest BCUT2D eigenvalue weighted by atomic mass is 10.2. The van der Waals surface area contributed by atoms with Crippen LogP contribution >= 0.6 is 11.3 Å². The van der Waals surface area contributed by atoms with Crippen LogP contribution in [0, 0.1) is 0 Å². The number of carboxylic acid groups (broad SMARTS) is 1. The van der Waals surface area contributed by atoms with E-state index in [0.717, 1.165) is 11.3 Å². The average molecular weight is 346 g/mol. The van der Waals surface area contributed by atoms with Gasteiger partial charge in [-0.1, -0.05) is 6.07 Å². The highest BCUT2D eigenvalue weighted by Crippen LogP contribution is 2.29. The quantitative estimate of drug-likeness (QED) is 0.823. The third kappa shape index (κ3) is 3.47. The van der Waals surface area contributed by atoms with E-state index in [1.807, 2.05) is 0 Å². The summed E-state index contributed by atoms with van der Waals surface area (Å²) in [6, 6.07) is 2.43. The van der Waals surface area contributed by atoms with Gasteiger partial charge in [0.05, 0.1) is 6.42 Å². The summed E-state index contributed by atoms with van der Waals surface area (Å²) in [4.78, 5) is 24.3. The number of hydrogen-bond donors (Lipinski definition) is 1. The Hall–Kier alpha value is -1.45. The zero-order valence-electron chi connectivity index (χ0n) is 12.1. The molecule has 0 aliphatic carbocycles. The molecule has 9 heteroatoms. The van der Waals surface area contributed by atoms with Gasteiger partial charge in [-0.05, 0) is 24.3 Å². The molecule has 1 amide bonds. The fourth-order valence-electron chi connectivity index (χ4n) is 2.43. The Morgan fingerprint density at radius 1 is 1.50 bits per heavy atom. The smallest absolute Gasteiger partial charge is 0.305 e. The third-order valence-electron chi connectivity index (χ3n) is 3.58. The van der Waals surface area contributed by atoms with Crippen molar-refractivity contribution in [3.8, 4) is 0 Å². The van der Waals surface area contributed by atoms with E-state index in [9.17, 15) is 18.0 Å².